The maximum absolute atomic E-state index is 14.0. The van der Waals surface area contributed by atoms with Crippen LogP contribution in [0, 0.1) is 17.7 Å². The molecule has 0 aliphatic heterocycles. The number of hydrogen-bond donors (Lipinski definition) is 1. The lowest BCUT2D eigenvalue weighted by atomic mass is 10.2. The van der Waals surface area contributed by atoms with Gasteiger partial charge in [-0.3, -0.25) is 0 Å². The zero-order valence-corrected chi connectivity index (χ0v) is 12.1. The monoisotopic (exact) mass is 320 g/mol. The first-order valence-electron chi connectivity index (χ1n) is 6.21. The topological polar surface area (TPSA) is 47.0 Å². The minimum atomic E-state index is -0.883. The summed E-state index contributed by atoms with van der Waals surface area (Å²) in [4.78, 5) is 8.18. The van der Waals surface area contributed by atoms with Crippen LogP contribution < -0.4 is 10.1 Å². The number of nitrogens with zero attached hydrogens (tertiary/aromatic N) is 2. The van der Waals surface area contributed by atoms with Gasteiger partial charge >= 0.3 is 0 Å². The number of halogens is 3. The van der Waals surface area contributed by atoms with Crippen LogP contribution >= 0.6 is 11.6 Å². The first kappa shape index (κ1) is 14.5. The molecular formula is C15H9ClF2N3O. The molecule has 0 unspecified atom stereocenters. The third kappa shape index (κ3) is 2.53. The lowest BCUT2D eigenvalue weighted by Gasteiger charge is -2.10. The maximum Gasteiger partial charge on any atom is 0.168 e. The fourth-order valence-electron chi connectivity index (χ4n) is 1.94. The summed E-state index contributed by atoms with van der Waals surface area (Å²) in [7, 11) is 1.52. The highest BCUT2D eigenvalue weighted by molar-refractivity contribution is 6.31. The van der Waals surface area contributed by atoms with Gasteiger partial charge in [0.15, 0.2) is 5.82 Å². The molecule has 1 aromatic heterocycles. The van der Waals surface area contributed by atoms with E-state index in [1.54, 1.807) is 12.1 Å². The van der Waals surface area contributed by atoms with Crippen molar-refractivity contribution in [1.29, 1.82) is 0 Å². The number of benzene rings is 2. The van der Waals surface area contributed by atoms with Crippen molar-refractivity contribution in [3.8, 4) is 5.75 Å². The number of methoxy groups -OCH3 is 1. The molecule has 3 aromatic rings. The molecule has 2 aromatic carbocycles. The van der Waals surface area contributed by atoms with Gasteiger partial charge in [0, 0.05) is 17.5 Å². The lowest BCUT2D eigenvalue weighted by Crippen LogP contribution is -1.99. The zero-order valence-electron chi connectivity index (χ0n) is 11.3. The van der Waals surface area contributed by atoms with Crippen LogP contribution in [0.1, 0.15) is 0 Å². The Hall–Kier alpha value is -2.47. The second-order valence-electron chi connectivity index (χ2n) is 4.37. The summed E-state index contributed by atoms with van der Waals surface area (Å²) in [6.45, 7) is 0. The molecule has 0 bridgehead atoms. The lowest BCUT2D eigenvalue weighted by molar-refractivity contribution is 0.414. The highest BCUT2D eigenvalue weighted by Gasteiger charge is 2.13. The number of hydrogen-bond acceptors (Lipinski definition) is 4. The van der Waals surface area contributed by atoms with Crippen molar-refractivity contribution < 1.29 is 13.5 Å². The standard InChI is InChI=1S/C15H9ClF2N3O/c1-22-8-2-3-9-12(6-8)19-7-20-15(9)21-11-5-4-10(17)13(16)14(11)18/h3-7H,1H3,(H,19,20,21). The molecule has 22 heavy (non-hydrogen) atoms. The van der Waals surface area contributed by atoms with Gasteiger partial charge in [0.1, 0.15) is 28.7 Å². The van der Waals surface area contributed by atoms with Gasteiger partial charge in [-0.1, -0.05) is 11.6 Å². The van der Waals surface area contributed by atoms with E-state index in [9.17, 15) is 8.78 Å². The number of rotatable bonds is 3. The molecule has 0 saturated heterocycles. The normalized spacial score (nSPS) is 10.7. The third-order valence-corrected chi connectivity index (χ3v) is 3.40. The molecule has 0 fully saturated rings. The van der Waals surface area contributed by atoms with Crippen LogP contribution in [0.25, 0.3) is 10.9 Å². The van der Waals surface area contributed by atoms with Crippen LogP contribution in [0.2, 0.25) is 5.02 Å². The fraction of sp³-hybridized carbons (Fsp3) is 0.0667. The average molecular weight is 321 g/mol. The van der Waals surface area contributed by atoms with E-state index in [1.807, 2.05) is 0 Å². The van der Waals surface area contributed by atoms with Gasteiger partial charge in [0.05, 0.1) is 18.3 Å². The van der Waals surface area contributed by atoms with Crippen LogP contribution in [-0.4, -0.2) is 17.1 Å². The first-order chi connectivity index (χ1) is 10.6. The summed E-state index contributed by atoms with van der Waals surface area (Å²) in [5.41, 5.74) is 0.615. The van der Waals surface area contributed by atoms with Crippen molar-refractivity contribution in [2.24, 2.45) is 0 Å². The molecule has 1 radical (unpaired) electrons. The van der Waals surface area contributed by atoms with Crippen LogP contribution in [0.4, 0.5) is 20.3 Å². The second-order valence-corrected chi connectivity index (χ2v) is 4.75. The minimum absolute atomic E-state index is 0.0159. The summed E-state index contributed by atoms with van der Waals surface area (Å²) in [6, 6.07) is 8.53. The van der Waals surface area contributed by atoms with Crippen molar-refractivity contribution in [3.63, 3.8) is 0 Å². The maximum atomic E-state index is 14.0. The van der Waals surface area contributed by atoms with Crippen LogP contribution in [0.5, 0.6) is 5.75 Å². The average Bonchev–Trinajstić information content (AvgIpc) is 2.55. The fourth-order valence-corrected chi connectivity index (χ4v) is 2.11. The van der Waals surface area contributed by atoms with E-state index in [0.717, 1.165) is 6.07 Å². The van der Waals surface area contributed by atoms with Crippen molar-refractivity contribution in [2.75, 3.05) is 12.4 Å². The molecule has 4 nitrogen and oxygen atoms in total. The molecule has 0 aliphatic carbocycles. The van der Waals surface area contributed by atoms with E-state index < -0.39 is 16.7 Å². The smallest absolute Gasteiger partial charge is 0.168 e. The Bertz CT molecular complexity index is 858. The second kappa shape index (κ2) is 5.73. The van der Waals surface area contributed by atoms with Gasteiger partial charge in [-0.25, -0.2) is 18.7 Å². The summed E-state index contributed by atoms with van der Waals surface area (Å²) >= 11 is 5.56. The number of anilines is 2. The molecule has 7 heteroatoms. The minimum Gasteiger partial charge on any atom is -0.496 e. The molecule has 0 amide bonds. The highest BCUT2D eigenvalue weighted by Crippen LogP contribution is 2.30. The number of nitrogens with one attached hydrogen (secondary N) is 1. The van der Waals surface area contributed by atoms with Gasteiger partial charge in [-0.15, -0.1) is 0 Å². The summed E-state index contributed by atoms with van der Waals surface area (Å²) in [5.74, 6) is -0.833. The molecule has 111 valence electrons. The highest BCUT2D eigenvalue weighted by atomic mass is 35.5. The Morgan fingerprint density at radius 3 is 2.86 bits per heavy atom. The van der Waals surface area contributed by atoms with Gasteiger partial charge in [-0.2, -0.15) is 0 Å². The largest absolute Gasteiger partial charge is 0.496 e. The molecule has 0 atom stereocenters. The Balaban J connectivity index is 2.06. The molecular weight excluding hydrogens is 312 g/mol. The van der Waals surface area contributed by atoms with E-state index in [1.165, 1.54) is 19.5 Å². The van der Waals surface area contributed by atoms with Crippen LogP contribution in [-0.2, 0) is 0 Å². The van der Waals surface area contributed by atoms with E-state index >= 15 is 0 Å². The van der Waals surface area contributed by atoms with E-state index in [4.69, 9.17) is 16.3 Å². The molecule has 3 rings (SSSR count). The summed E-state index contributed by atoms with van der Waals surface area (Å²) in [5, 5.41) is 2.82. The molecule has 1 N–H and O–H groups in total. The number of fused-ring (bicyclic) bond motifs is 1. The number of aromatic nitrogens is 2. The van der Waals surface area contributed by atoms with Gasteiger partial charge < -0.3 is 10.1 Å². The Kier molecular flexibility index (Phi) is 3.77. The van der Waals surface area contributed by atoms with Gasteiger partial charge in [-0.05, 0) is 18.2 Å². The third-order valence-electron chi connectivity index (χ3n) is 3.05. The van der Waals surface area contributed by atoms with Crippen LogP contribution in [0.15, 0.2) is 30.6 Å². The quantitative estimate of drug-likeness (QED) is 0.738. The van der Waals surface area contributed by atoms with E-state index in [2.05, 4.69) is 21.4 Å². The predicted octanol–water partition coefficient (Wildman–Crippen LogP) is 4.11. The summed E-state index contributed by atoms with van der Waals surface area (Å²) in [6.07, 6.45) is 1.33. The Morgan fingerprint density at radius 2 is 2.09 bits per heavy atom. The van der Waals surface area contributed by atoms with E-state index in [-0.39, 0.29) is 5.69 Å². The zero-order chi connectivity index (χ0) is 15.7. The summed E-state index contributed by atoms with van der Waals surface area (Å²) < 4.78 is 32.2. The predicted molar refractivity (Wildman–Crippen MR) is 79.6 cm³/mol. The van der Waals surface area contributed by atoms with Gasteiger partial charge in [0.25, 0.3) is 0 Å². The molecule has 0 saturated carbocycles. The van der Waals surface area contributed by atoms with Crippen molar-refractivity contribution in [2.45, 2.75) is 0 Å². The van der Waals surface area contributed by atoms with E-state index in [0.29, 0.717) is 22.5 Å². The molecule has 0 aliphatic rings. The first-order valence-corrected chi connectivity index (χ1v) is 6.59. The Morgan fingerprint density at radius 1 is 1.27 bits per heavy atom. The van der Waals surface area contributed by atoms with Crippen molar-refractivity contribution >= 4 is 34.0 Å². The Labute approximate surface area is 129 Å². The van der Waals surface area contributed by atoms with Crippen molar-refractivity contribution in [3.05, 3.63) is 53.3 Å². The molecule has 1 heterocycles. The van der Waals surface area contributed by atoms with Gasteiger partial charge in [0.2, 0.25) is 0 Å². The number of ether oxygens (including phenoxy) is 1. The van der Waals surface area contributed by atoms with Crippen molar-refractivity contribution in [1.82, 2.24) is 9.97 Å². The van der Waals surface area contributed by atoms with Crippen LogP contribution in [0.3, 0.4) is 0 Å². The SMILES string of the molecule is COc1[c]cc2c(Nc3ccc(F)c(Cl)c3F)ncnc2c1. The molecule has 0 spiro atoms.